The molecule has 1 N–H and O–H groups in total. The second kappa shape index (κ2) is 8.16. The van der Waals surface area contributed by atoms with Crippen molar-refractivity contribution < 1.29 is 23.1 Å². The number of benzene rings is 2. The van der Waals surface area contributed by atoms with Gasteiger partial charge in [-0.05, 0) is 30.7 Å². The van der Waals surface area contributed by atoms with Gasteiger partial charge in [0.1, 0.15) is 17.4 Å². The third-order valence-corrected chi connectivity index (χ3v) is 4.30. The molecule has 0 aliphatic carbocycles. The van der Waals surface area contributed by atoms with Gasteiger partial charge in [0.25, 0.3) is 0 Å². The van der Waals surface area contributed by atoms with Gasteiger partial charge in [-0.1, -0.05) is 19.1 Å². The number of hydrogen-bond donors (Lipinski definition) is 1. The molecule has 5 nitrogen and oxygen atoms in total. The number of nitrogens with one attached hydrogen (secondary N) is 1. The van der Waals surface area contributed by atoms with Crippen LogP contribution in [0.1, 0.15) is 19.8 Å². The number of ether oxygens (including phenoxy) is 1. The van der Waals surface area contributed by atoms with E-state index in [0.717, 1.165) is 18.6 Å². The molecule has 2 amide bonds. The molecular formula is C20H20F2N2O3. The van der Waals surface area contributed by atoms with Crippen molar-refractivity contribution in [3.8, 4) is 5.75 Å². The molecule has 1 heterocycles. The predicted molar refractivity (Wildman–Crippen MR) is 97.7 cm³/mol. The number of rotatable bonds is 6. The van der Waals surface area contributed by atoms with E-state index in [2.05, 4.69) is 5.32 Å². The highest BCUT2D eigenvalue weighted by atomic mass is 19.1. The van der Waals surface area contributed by atoms with Crippen molar-refractivity contribution in [3.63, 3.8) is 0 Å². The maximum atomic E-state index is 14.0. The molecule has 1 saturated heterocycles. The lowest BCUT2D eigenvalue weighted by Crippen LogP contribution is -2.28. The first kappa shape index (κ1) is 18.8. The SMILES string of the molecule is CCCOc1ccccc1NC(=O)C1CC(=O)N(c2ccc(F)cc2F)C1. The van der Waals surface area contributed by atoms with E-state index in [0.29, 0.717) is 18.0 Å². The molecule has 0 bridgehead atoms. The summed E-state index contributed by atoms with van der Waals surface area (Å²) in [6, 6.07) is 10.1. The van der Waals surface area contributed by atoms with Crippen LogP contribution in [0.15, 0.2) is 42.5 Å². The van der Waals surface area contributed by atoms with Gasteiger partial charge in [0.15, 0.2) is 0 Å². The number of amides is 2. The molecule has 3 rings (SSSR count). The minimum absolute atomic E-state index is 0.0246. The van der Waals surface area contributed by atoms with Crippen LogP contribution in [0.3, 0.4) is 0 Å². The third-order valence-electron chi connectivity index (χ3n) is 4.30. The summed E-state index contributed by atoms with van der Waals surface area (Å²) in [5.74, 6) is -2.36. The minimum Gasteiger partial charge on any atom is -0.491 e. The maximum Gasteiger partial charge on any atom is 0.229 e. The van der Waals surface area contributed by atoms with Crippen molar-refractivity contribution in [3.05, 3.63) is 54.1 Å². The Morgan fingerprint density at radius 2 is 2.04 bits per heavy atom. The van der Waals surface area contributed by atoms with E-state index in [-0.39, 0.29) is 30.5 Å². The van der Waals surface area contributed by atoms with Crippen LogP contribution in [0.5, 0.6) is 5.75 Å². The fraction of sp³-hybridized carbons (Fsp3) is 0.300. The van der Waals surface area contributed by atoms with Crippen LogP contribution in [-0.4, -0.2) is 25.0 Å². The van der Waals surface area contributed by atoms with Gasteiger partial charge in [0.05, 0.1) is 23.9 Å². The van der Waals surface area contributed by atoms with Gasteiger partial charge in [-0.25, -0.2) is 8.78 Å². The summed E-state index contributed by atoms with van der Waals surface area (Å²) in [5, 5.41) is 2.78. The largest absolute Gasteiger partial charge is 0.491 e. The van der Waals surface area contributed by atoms with Crippen LogP contribution in [0.2, 0.25) is 0 Å². The third kappa shape index (κ3) is 4.24. The summed E-state index contributed by atoms with van der Waals surface area (Å²) in [5.41, 5.74) is 0.498. The lowest BCUT2D eigenvalue weighted by atomic mass is 10.1. The Labute approximate surface area is 155 Å². The Morgan fingerprint density at radius 1 is 1.26 bits per heavy atom. The molecule has 1 aliphatic rings. The first-order valence-corrected chi connectivity index (χ1v) is 8.77. The molecule has 1 aliphatic heterocycles. The molecular weight excluding hydrogens is 354 g/mol. The summed E-state index contributed by atoms with van der Waals surface area (Å²) in [7, 11) is 0. The molecule has 0 radical (unpaired) electrons. The van der Waals surface area contributed by atoms with E-state index < -0.39 is 17.6 Å². The smallest absolute Gasteiger partial charge is 0.229 e. The van der Waals surface area contributed by atoms with Crippen LogP contribution in [0, 0.1) is 17.6 Å². The van der Waals surface area contributed by atoms with Gasteiger partial charge in [0, 0.05) is 19.0 Å². The zero-order valence-corrected chi connectivity index (χ0v) is 14.9. The summed E-state index contributed by atoms with van der Waals surface area (Å²) >= 11 is 0. The molecule has 0 aromatic heterocycles. The summed E-state index contributed by atoms with van der Waals surface area (Å²) in [6.07, 6.45) is 0.790. The highest BCUT2D eigenvalue weighted by Crippen LogP contribution is 2.30. The number of carbonyl (C=O) groups is 2. The van der Waals surface area contributed by atoms with Crippen molar-refractivity contribution in [2.75, 3.05) is 23.4 Å². The van der Waals surface area contributed by atoms with Crippen molar-refractivity contribution in [1.29, 1.82) is 0 Å². The van der Waals surface area contributed by atoms with E-state index in [1.807, 2.05) is 6.92 Å². The molecule has 0 saturated carbocycles. The molecule has 0 spiro atoms. The zero-order chi connectivity index (χ0) is 19.4. The molecule has 142 valence electrons. The standard InChI is InChI=1S/C20H20F2N2O3/c1-2-9-27-18-6-4-3-5-16(18)23-20(26)13-10-19(25)24(12-13)17-8-7-14(21)11-15(17)22/h3-8,11,13H,2,9-10,12H2,1H3,(H,23,26). The molecule has 1 atom stereocenters. The number of hydrogen-bond acceptors (Lipinski definition) is 3. The zero-order valence-electron chi connectivity index (χ0n) is 14.9. The molecule has 1 unspecified atom stereocenters. The summed E-state index contributed by atoms with van der Waals surface area (Å²) in [4.78, 5) is 26.0. The first-order chi connectivity index (χ1) is 13.0. The number of nitrogens with zero attached hydrogens (tertiary/aromatic N) is 1. The van der Waals surface area contributed by atoms with Crippen LogP contribution in [0.4, 0.5) is 20.2 Å². The highest BCUT2D eigenvalue weighted by Gasteiger charge is 2.36. The topological polar surface area (TPSA) is 58.6 Å². The lowest BCUT2D eigenvalue weighted by molar-refractivity contribution is -0.122. The average Bonchev–Trinajstić information content (AvgIpc) is 3.03. The quantitative estimate of drug-likeness (QED) is 0.838. The van der Waals surface area contributed by atoms with Crippen LogP contribution in [-0.2, 0) is 9.59 Å². The highest BCUT2D eigenvalue weighted by molar-refractivity contribution is 6.04. The maximum absolute atomic E-state index is 14.0. The minimum atomic E-state index is -0.831. The number of carbonyl (C=O) groups excluding carboxylic acids is 2. The van der Waals surface area contributed by atoms with Gasteiger partial charge in [0.2, 0.25) is 11.8 Å². The van der Waals surface area contributed by atoms with E-state index in [1.165, 1.54) is 11.0 Å². The average molecular weight is 374 g/mol. The normalized spacial score (nSPS) is 16.5. The van der Waals surface area contributed by atoms with Gasteiger partial charge < -0.3 is 15.0 Å². The Bertz CT molecular complexity index is 857. The number of anilines is 2. The van der Waals surface area contributed by atoms with Crippen LogP contribution < -0.4 is 15.0 Å². The van der Waals surface area contributed by atoms with Crippen molar-refractivity contribution in [1.82, 2.24) is 0 Å². The van der Waals surface area contributed by atoms with E-state index in [4.69, 9.17) is 4.74 Å². The van der Waals surface area contributed by atoms with Crippen molar-refractivity contribution in [2.24, 2.45) is 5.92 Å². The fourth-order valence-electron chi connectivity index (χ4n) is 2.96. The Kier molecular flexibility index (Phi) is 5.69. The Hall–Kier alpha value is -2.96. The molecule has 2 aromatic rings. The second-order valence-electron chi connectivity index (χ2n) is 6.33. The monoisotopic (exact) mass is 374 g/mol. The Morgan fingerprint density at radius 3 is 2.78 bits per heavy atom. The number of halogens is 2. The molecule has 2 aromatic carbocycles. The predicted octanol–water partition coefficient (Wildman–Crippen LogP) is 3.75. The van der Waals surface area contributed by atoms with Gasteiger partial charge >= 0.3 is 0 Å². The number of para-hydroxylation sites is 2. The van der Waals surface area contributed by atoms with E-state index >= 15 is 0 Å². The summed E-state index contributed by atoms with van der Waals surface area (Å²) < 4.78 is 32.7. The van der Waals surface area contributed by atoms with Crippen LogP contribution >= 0.6 is 0 Å². The van der Waals surface area contributed by atoms with Gasteiger partial charge in [-0.3, -0.25) is 9.59 Å². The molecule has 1 fully saturated rings. The molecule has 27 heavy (non-hydrogen) atoms. The molecule has 7 heteroatoms. The van der Waals surface area contributed by atoms with Crippen molar-refractivity contribution >= 4 is 23.2 Å². The van der Waals surface area contributed by atoms with Crippen molar-refractivity contribution in [2.45, 2.75) is 19.8 Å². The van der Waals surface area contributed by atoms with E-state index in [1.54, 1.807) is 24.3 Å². The lowest BCUT2D eigenvalue weighted by Gasteiger charge is -2.18. The van der Waals surface area contributed by atoms with Crippen LogP contribution in [0.25, 0.3) is 0 Å². The first-order valence-electron chi connectivity index (χ1n) is 8.77. The fourth-order valence-corrected chi connectivity index (χ4v) is 2.96. The summed E-state index contributed by atoms with van der Waals surface area (Å²) in [6.45, 7) is 2.53. The van der Waals surface area contributed by atoms with Gasteiger partial charge in [-0.2, -0.15) is 0 Å². The Balaban J connectivity index is 1.71. The van der Waals surface area contributed by atoms with E-state index in [9.17, 15) is 18.4 Å². The van der Waals surface area contributed by atoms with Gasteiger partial charge in [-0.15, -0.1) is 0 Å². The second-order valence-corrected chi connectivity index (χ2v) is 6.33.